The first-order chi connectivity index (χ1) is 9.38. The zero-order valence-electron chi connectivity index (χ0n) is 10.5. The molecule has 1 aliphatic carbocycles. The number of alkyl halides is 3. The summed E-state index contributed by atoms with van der Waals surface area (Å²) in [5, 5.41) is 2.28. The molecule has 1 amide bonds. The molecule has 0 saturated heterocycles. The summed E-state index contributed by atoms with van der Waals surface area (Å²) in [5.41, 5.74) is -2.13. The van der Waals surface area contributed by atoms with Gasteiger partial charge in [-0.3, -0.25) is 9.59 Å². The van der Waals surface area contributed by atoms with Gasteiger partial charge < -0.3 is 10.3 Å². The predicted molar refractivity (Wildman–Crippen MR) is 67.2 cm³/mol. The number of nitrogens with one attached hydrogen (secondary N) is 2. The standard InChI is InChI=1S/C13H13F3N2O2/c14-13(15,16)9-6-10(12(20)17-7-9)18-11(19)8-4-2-1-3-5-8/h1-2,6-8H,3-5H2,(H,17,20)(H,18,19). The Hall–Kier alpha value is -2.05. The van der Waals surface area contributed by atoms with E-state index in [1.165, 1.54) is 0 Å². The Morgan fingerprint density at radius 2 is 2.10 bits per heavy atom. The highest BCUT2D eigenvalue weighted by molar-refractivity contribution is 5.92. The van der Waals surface area contributed by atoms with Crippen LogP contribution in [0.5, 0.6) is 0 Å². The lowest BCUT2D eigenvalue weighted by molar-refractivity contribution is -0.137. The number of amides is 1. The van der Waals surface area contributed by atoms with Gasteiger partial charge in [0.05, 0.1) is 5.56 Å². The number of pyridine rings is 1. The van der Waals surface area contributed by atoms with Crippen LogP contribution in [0.1, 0.15) is 24.8 Å². The molecular formula is C13H13F3N2O2. The van der Waals surface area contributed by atoms with Crippen molar-refractivity contribution in [2.45, 2.75) is 25.4 Å². The molecule has 0 saturated carbocycles. The Bertz CT molecular complexity index is 590. The van der Waals surface area contributed by atoms with Crippen LogP contribution < -0.4 is 10.9 Å². The zero-order valence-corrected chi connectivity index (χ0v) is 10.5. The van der Waals surface area contributed by atoms with Crippen molar-refractivity contribution in [2.75, 3.05) is 5.32 Å². The minimum Gasteiger partial charge on any atom is -0.327 e. The van der Waals surface area contributed by atoms with Crippen molar-refractivity contribution in [1.82, 2.24) is 4.98 Å². The van der Waals surface area contributed by atoms with E-state index in [9.17, 15) is 22.8 Å². The summed E-state index contributed by atoms with van der Waals surface area (Å²) in [6, 6.07) is 0.648. The monoisotopic (exact) mass is 286 g/mol. The number of H-pyrrole nitrogens is 1. The molecule has 1 aliphatic rings. The Morgan fingerprint density at radius 1 is 1.35 bits per heavy atom. The van der Waals surface area contributed by atoms with E-state index in [0.717, 1.165) is 6.42 Å². The van der Waals surface area contributed by atoms with Gasteiger partial charge >= 0.3 is 6.18 Å². The average Bonchev–Trinajstić information content (AvgIpc) is 2.41. The van der Waals surface area contributed by atoms with Gasteiger partial charge in [-0.15, -0.1) is 0 Å². The number of allylic oxidation sites excluding steroid dienone is 2. The fourth-order valence-corrected chi connectivity index (χ4v) is 2.01. The predicted octanol–water partition coefficient (Wildman–Crippen LogP) is 2.69. The Morgan fingerprint density at radius 3 is 2.70 bits per heavy atom. The summed E-state index contributed by atoms with van der Waals surface area (Å²) < 4.78 is 37.6. The molecule has 4 nitrogen and oxygen atoms in total. The molecule has 20 heavy (non-hydrogen) atoms. The highest BCUT2D eigenvalue weighted by Crippen LogP contribution is 2.29. The molecule has 1 unspecified atom stereocenters. The molecule has 1 atom stereocenters. The minimum absolute atomic E-state index is 0.311. The number of hydrogen-bond donors (Lipinski definition) is 2. The second-order valence-corrected chi connectivity index (χ2v) is 4.60. The number of carbonyl (C=O) groups excluding carboxylic acids is 1. The van der Waals surface area contributed by atoms with Crippen LogP contribution in [0.3, 0.4) is 0 Å². The summed E-state index contributed by atoms with van der Waals surface area (Å²) in [7, 11) is 0. The van der Waals surface area contributed by atoms with Crippen molar-refractivity contribution in [3.8, 4) is 0 Å². The van der Waals surface area contributed by atoms with Gasteiger partial charge in [-0.25, -0.2) is 0 Å². The normalized spacial score (nSPS) is 18.9. The van der Waals surface area contributed by atoms with E-state index in [0.29, 0.717) is 25.1 Å². The van der Waals surface area contributed by atoms with Crippen molar-refractivity contribution >= 4 is 11.6 Å². The van der Waals surface area contributed by atoms with E-state index < -0.39 is 23.2 Å². The lowest BCUT2D eigenvalue weighted by Crippen LogP contribution is -2.27. The van der Waals surface area contributed by atoms with E-state index in [-0.39, 0.29) is 11.6 Å². The summed E-state index contributed by atoms with van der Waals surface area (Å²) in [6.07, 6.45) is 1.71. The third-order valence-corrected chi connectivity index (χ3v) is 3.13. The van der Waals surface area contributed by atoms with E-state index in [2.05, 4.69) is 5.32 Å². The summed E-state index contributed by atoms with van der Waals surface area (Å²) >= 11 is 0. The van der Waals surface area contributed by atoms with E-state index in [4.69, 9.17) is 0 Å². The number of carbonyl (C=O) groups is 1. The molecule has 0 bridgehead atoms. The Kier molecular flexibility index (Phi) is 3.96. The van der Waals surface area contributed by atoms with Crippen LogP contribution >= 0.6 is 0 Å². The Balaban J connectivity index is 2.18. The molecule has 2 N–H and O–H groups in total. The van der Waals surface area contributed by atoms with E-state index in [1.54, 1.807) is 0 Å². The molecule has 2 rings (SSSR count). The van der Waals surface area contributed by atoms with Gasteiger partial charge in [-0.2, -0.15) is 13.2 Å². The molecule has 0 aromatic carbocycles. The van der Waals surface area contributed by atoms with Crippen molar-refractivity contribution in [3.63, 3.8) is 0 Å². The lowest BCUT2D eigenvalue weighted by Gasteiger charge is -2.17. The molecule has 0 aliphatic heterocycles. The van der Waals surface area contributed by atoms with E-state index in [1.807, 2.05) is 17.1 Å². The molecule has 1 aromatic rings. The van der Waals surface area contributed by atoms with Crippen molar-refractivity contribution in [2.24, 2.45) is 5.92 Å². The molecule has 0 radical (unpaired) electrons. The molecular weight excluding hydrogens is 273 g/mol. The highest BCUT2D eigenvalue weighted by Gasteiger charge is 2.31. The fraction of sp³-hybridized carbons (Fsp3) is 0.385. The van der Waals surface area contributed by atoms with Gasteiger partial charge in [-0.05, 0) is 25.3 Å². The van der Waals surface area contributed by atoms with Gasteiger partial charge in [0.25, 0.3) is 5.56 Å². The maximum atomic E-state index is 12.5. The number of aromatic amines is 1. The smallest absolute Gasteiger partial charge is 0.327 e. The number of aromatic nitrogens is 1. The second-order valence-electron chi connectivity index (χ2n) is 4.60. The number of hydrogen-bond acceptors (Lipinski definition) is 2. The van der Waals surface area contributed by atoms with Crippen LogP contribution in [0.2, 0.25) is 0 Å². The van der Waals surface area contributed by atoms with Crippen LogP contribution in [0.15, 0.2) is 29.2 Å². The van der Waals surface area contributed by atoms with Gasteiger partial charge in [0.1, 0.15) is 5.69 Å². The average molecular weight is 286 g/mol. The first-order valence-corrected chi connectivity index (χ1v) is 6.13. The third kappa shape index (κ3) is 3.28. The maximum absolute atomic E-state index is 12.5. The van der Waals surface area contributed by atoms with Gasteiger partial charge in [0, 0.05) is 12.1 Å². The molecule has 0 spiro atoms. The molecule has 108 valence electrons. The SMILES string of the molecule is O=C(Nc1cc(C(F)(F)F)c[nH]c1=O)C1CC=CCC1. The molecule has 1 aromatic heterocycles. The maximum Gasteiger partial charge on any atom is 0.417 e. The van der Waals surface area contributed by atoms with Gasteiger partial charge in [0.2, 0.25) is 5.91 Å². The quantitative estimate of drug-likeness (QED) is 0.821. The molecule has 0 fully saturated rings. The minimum atomic E-state index is -4.57. The third-order valence-electron chi connectivity index (χ3n) is 3.13. The highest BCUT2D eigenvalue weighted by atomic mass is 19.4. The second kappa shape index (κ2) is 5.52. The van der Waals surface area contributed by atoms with E-state index >= 15 is 0 Å². The van der Waals surface area contributed by atoms with Crippen molar-refractivity contribution < 1.29 is 18.0 Å². The topological polar surface area (TPSA) is 62.0 Å². The van der Waals surface area contributed by atoms with Crippen LogP contribution in [-0.4, -0.2) is 10.9 Å². The number of halogens is 3. The first kappa shape index (κ1) is 14.4. The first-order valence-electron chi connectivity index (χ1n) is 6.13. The Labute approximate surface area is 112 Å². The zero-order chi connectivity index (χ0) is 14.8. The van der Waals surface area contributed by atoms with Crippen LogP contribution in [0, 0.1) is 5.92 Å². The molecule has 7 heteroatoms. The molecule has 1 heterocycles. The van der Waals surface area contributed by atoms with Gasteiger partial charge in [0.15, 0.2) is 0 Å². The van der Waals surface area contributed by atoms with Crippen molar-refractivity contribution in [1.29, 1.82) is 0 Å². The van der Waals surface area contributed by atoms with Crippen LogP contribution in [0.4, 0.5) is 18.9 Å². The summed E-state index contributed by atoms with van der Waals surface area (Å²) in [6.45, 7) is 0. The van der Waals surface area contributed by atoms with Crippen LogP contribution in [0.25, 0.3) is 0 Å². The number of anilines is 1. The van der Waals surface area contributed by atoms with Crippen LogP contribution in [-0.2, 0) is 11.0 Å². The summed E-state index contributed by atoms with van der Waals surface area (Å²) in [4.78, 5) is 25.3. The van der Waals surface area contributed by atoms with Crippen molar-refractivity contribution in [3.05, 3.63) is 40.3 Å². The number of rotatable bonds is 2. The largest absolute Gasteiger partial charge is 0.417 e. The fourth-order valence-electron chi connectivity index (χ4n) is 2.01. The van der Waals surface area contributed by atoms with Gasteiger partial charge in [-0.1, -0.05) is 12.2 Å². The lowest BCUT2D eigenvalue weighted by atomic mass is 9.93. The summed E-state index contributed by atoms with van der Waals surface area (Å²) in [5.74, 6) is -0.742.